The van der Waals surface area contributed by atoms with Gasteiger partial charge in [-0.15, -0.1) is 11.3 Å². The van der Waals surface area contributed by atoms with Gasteiger partial charge < -0.3 is 4.90 Å². The lowest BCUT2D eigenvalue weighted by atomic mass is 10.5. The molecule has 0 aliphatic heterocycles. The highest BCUT2D eigenvalue weighted by atomic mass is 35.6. The van der Waals surface area contributed by atoms with Crippen molar-refractivity contribution in [3.63, 3.8) is 0 Å². The van der Waals surface area contributed by atoms with Gasteiger partial charge in [0.1, 0.15) is 0 Å². The minimum Gasteiger partial charge on any atom is -0.304 e. The van der Waals surface area contributed by atoms with Gasteiger partial charge in [0.15, 0.2) is 5.13 Å². The van der Waals surface area contributed by atoms with Crippen molar-refractivity contribution >= 4 is 57.2 Å². The average Bonchev–Trinajstić information content (AvgIpc) is 2.49. The smallest absolute Gasteiger partial charge is 0.278 e. The van der Waals surface area contributed by atoms with Crippen LogP contribution < -0.4 is 5.32 Å². The van der Waals surface area contributed by atoms with Crippen molar-refractivity contribution in [2.24, 2.45) is 0 Å². The molecule has 0 aromatic carbocycles. The molecule has 0 saturated carbocycles. The summed E-state index contributed by atoms with van der Waals surface area (Å²) in [7, 11) is 3.86. The van der Waals surface area contributed by atoms with E-state index in [-0.39, 0.29) is 0 Å². The Morgan fingerprint density at radius 2 is 2.19 bits per heavy atom. The highest BCUT2D eigenvalue weighted by Gasteiger charge is 2.31. The Balaban J connectivity index is 2.62. The molecule has 8 heteroatoms. The number of halogens is 3. The van der Waals surface area contributed by atoms with Crippen molar-refractivity contribution in [1.29, 1.82) is 0 Å². The van der Waals surface area contributed by atoms with E-state index in [1.165, 1.54) is 11.3 Å². The largest absolute Gasteiger partial charge is 0.304 e. The maximum absolute atomic E-state index is 11.3. The Kier molecular flexibility index (Phi) is 4.82. The zero-order valence-corrected chi connectivity index (χ0v) is 11.7. The van der Waals surface area contributed by atoms with Crippen LogP contribution in [0.4, 0.5) is 5.13 Å². The van der Waals surface area contributed by atoms with Gasteiger partial charge in [-0.25, -0.2) is 4.98 Å². The van der Waals surface area contributed by atoms with Crippen LogP contribution in [0.5, 0.6) is 0 Å². The zero-order valence-electron chi connectivity index (χ0n) is 8.63. The lowest BCUT2D eigenvalue weighted by molar-refractivity contribution is -0.115. The standard InChI is InChI=1S/C8H10Cl3N3OS/c1-14(2)3-5-4-16-7(12-5)13-6(15)8(9,10)11/h4H,3H2,1-2H3,(H,12,13,15). The number of carbonyl (C=O) groups is 1. The monoisotopic (exact) mass is 301 g/mol. The molecular formula is C8H10Cl3N3OS. The molecule has 1 aromatic rings. The molecule has 90 valence electrons. The van der Waals surface area contributed by atoms with Crippen LogP contribution in [0.25, 0.3) is 0 Å². The van der Waals surface area contributed by atoms with Gasteiger partial charge in [0.2, 0.25) is 0 Å². The SMILES string of the molecule is CN(C)Cc1csc(NC(=O)C(Cl)(Cl)Cl)n1. The summed E-state index contributed by atoms with van der Waals surface area (Å²) in [6, 6.07) is 0. The molecule has 4 nitrogen and oxygen atoms in total. The molecule has 16 heavy (non-hydrogen) atoms. The van der Waals surface area contributed by atoms with Crippen LogP contribution in [0.2, 0.25) is 0 Å². The first kappa shape index (κ1) is 14.0. The zero-order chi connectivity index (χ0) is 12.3. The second-order valence-corrected chi connectivity index (χ2v) is 6.47. The van der Waals surface area contributed by atoms with Crippen LogP contribution in [0.15, 0.2) is 5.38 Å². The minimum atomic E-state index is -1.96. The third-order valence-electron chi connectivity index (χ3n) is 1.51. The number of hydrogen-bond acceptors (Lipinski definition) is 4. The van der Waals surface area contributed by atoms with Crippen LogP contribution in [-0.2, 0) is 11.3 Å². The Labute approximate surface area is 112 Å². The second kappa shape index (κ2) is 5.51. The summed E-state index contributed by atoms with van der Waals surface area (Å²) in [5.41, 5.74) is 0.856. The van der Waals surface area contributed by atoms with Crippen LogP contribution >= 0.6 is 46.1 Å². The van der Waals surface area contributed by atoms with E-state index in [1.54, 1.807) is 0 Å². The number of carbonyl (C=O) groups excluding carboxylic acids is 1. The van der Waals surface area contributed by atoms with Crippen LogP contribution in [-0.4, -0.2) is 33.7 Å². The molecule has 0 fully saturated rings. The Hall–Kier alpha value is -0.0700. The maximum atomic E-state index is 11.3. The Morgan fingerprint density at radius 1 is 1.56 bits per heavy atom. The first-order valence-electron chi connectivity index (χ1n) is 4.26. The topological polar surface area (TPSA) is 45.2 Å². The Morgan fingerprint density at radius 3 is 2.69 bits per heavy atom. The fraction of sp³-hybridized carbons (Fsp3) is 0.500. The highest BCUT2D eigenvalue weighted by Crippen LogP contribution is 2.28. The number of anilines is 1. The molecule has 0 saturated heterocycles. The van der Waals surface area contributed by atoms with Gasteiger partial charge in [0.25, 0.3) is 9.70 Å². The third kappa shape index (κ3) is 4.43. The summed E-state index contributed by atoms with van der Waals surface area (Å²) >= 11 is 17.5. The molecule has 0 aliphatic rings. The van der Waals surface area contributed by atoms with E-state index in [0.717, 1.165) is 5.69 Å². The van der Waals surface area contributed by atoms with Gasteiger partial charge >= 0.3 is 0 Å². The number of aromatic nitrogens is 1. The fourth-order valence-electron chi connectivity index (χ4n) is 0.929. The van der Waals surface area contributed by atoms with Crippen molar-refractivity contribution in [3.8, 4) is 0 Å². The van der Waals surface area contributed by atoms with E-state index in [1.807, 2.05) is 24.4 Å². The molecule has 1 rings (SSSR count). The molecule has 1 amide bonds. The van der Waals surface area contributed by atoms with Gasteiger partial charge in [0, 0.05) is 11.9 Å². The number of alkyl halides is 3. The first-order chi connectivity index (χ1) is 7.29. The van der Waals surface area contributed by atoms with E-state index in [9.17, 15) is 4.79 Å². The molecule has 0 bridgehead atoms. The summed E-state index contributed by atoms with van der Waals surface area (Å²) in [5.74, 6) is -0.705. The lowest BCUT2D eigenvalue weighted by Crippen LogP contribution is -2.26. The second-order valence-electron chi connectivity index (χ2n) is 3.33. The van der Waals surface area contributed by atoms with Gasteiger partial charge in [-0.3, -0.25) is 10.1 Å². The minimum absolute atomic E-state index is 0.424. The van der Waals surface area contributed by atoms with E-state index in [2.05, 4.69) is 10.3 Å². The third-order valence-corrected chi connectivity index (χ3v) is 2.83. The van der Waals surface area contributed by atoms with Gasteiger partial charge in [-0.1, -0.05) is 34.8 Å². The summed E-state index contributed by atoms with van der Waals surface area (Å²) in [5, 5.41) is 4.70. The van der Waals surface area contributed by atoms with Crippen LogP contribution in [0.1, 0.15) is 5.69 Å². The van der Waals surface area contributed by atoms with E-state index < -0.39 is 9.70 Å². The molecule has 0 unspecified atom stereocenters. The van der Waals surface area contributed by atoms with Gasteiger partial charge in [-0.05, 0) is 14.1 Å². The number of nitrogens with one attached hydrogen (secondary N) is 1. The van der Waals surface area contributed by atoms with Crippen LogP contribution in [0, 0.1) is 0 Å². The number of thiazole rings is 1. The molecule has 1 aromatic heterocycles. The average molecular weight is 303 g/mol. The molecule has 0 aliphatic carbocycles. The van der Waals surface area contributed by atoms with Crippen molar-refractivity contribution in [2.45, 2.75) is 10.3 Å². The summed E-state index contributed by atoms with van der Waals surface area (Å²) in [4.78, 5) is 17.5. The number of hydrogen-bond donors (Lipinski definition) is 1. The number of rotatable bonds is 3. The number of amides is 1. The van der Waals surface area contributed by atoms with E-state index in [4.69, 9.17) is 34.8 Å². The maximum Gasteiger partial charge on any atom is 0.278 e. The Bertz CT molecular complexity index is 375. The molecule has 0 radical (unpaired) electrons. The first-order valence-corrected chi connectivity index (χ1v) is 6.27. The quantitative estimate of drug-likeness (QED) is 0.873. The summed E-state index contributed by atoms with van der Waals surface area (Å²) in [6.45, 7) is 0.695. The molecule has 1 heterocycles. The predicted octanol–water partition coefficient (Wildman–Crippen LogP) is 2.51. The normalized spacial score (nSPS) is 11.9. The van der Waals surface area contributed by atoms with Crippen LogP contribution in [0.3, 0.4) is 0 Å². The van der Waals surface area contributed by atoms with Crippen molar-refractivity contribution < 1.29 is 4.79 Å². The predicted molar refractivity (Wildman–Crippen MR) is 68.4 cm³/mol. The van der Waals surface area contributed by atoms with Gasteiger partial charge in [-0.2, -0.15) is 0 Å². The van der Waals surface area contributed by atoms with E-state index in [0.29, 0.717) is 11.7 Å². The number of nitrogens with zero attached hydrogens (tertiary/aromatic N) is 2. The molecule has 1 N–H and O–H groups in total. The summed E-state index contributed by atoms with van der Waals surface area (Å²) in [6.07, 6.45) is 0. The van der Waals surface area contributed by atoms with Crippen molar-refractivity contribution in [3.05, 3.63) is 11.1 Å². The highest BCUT2D eigenvalue weighted by molar-refractivity contribution is 7.14. The fourth-order valence-corrected chi connectivity index (χ4v) is 1.77. The van der Waals surface area contributed by atoms with E-state index >= 15 is 0 Å². The molecule has 0 atom stereocenters. The molecular weight excluding hydrogens is 293 g/mol. The lowest BCUT2D eigenvalue weighted by Gasteiger charge is -2.09. The van der Waals surface area contributed by atoms with Crippen molar-refractivity contribution in [1.82, 2.24) is 9.88 Å². The summed E-state index contributed by atoms with van der Waals surface area (Å²) < 4.78 is -1.96. The molecule has 0 spiro atoms. The van der Waals surface area contributed by atoms with Gasteiger partial charge in [0.05, 0.1) is 5.69 Å². The van der Waals surface area contributed by atoms with Crippen molar-refractivity contribution in [2.75, 3.05) is 19.4 Å².